The highest BCUT2D eigenvalue weighted by atomic mass is 79.9. The normalized spacial score (nSPS) is 10.0. The van der Waals surface area contributed by atoms with Gasteiger partial charge in [0.15, 0.2) is 11.5 Å². The maximum Gasteiger partial charge on any atom is 0.204 e. The fourth-order valence-corrected chi connectivity index (χ4v) is 3.52. The summed E-state index contributed by atoms with van der Waals surface area (Å²) in [7, 11) is 4.47. The molecule has 0 saturated carbocycles. The number of nitrogens with zero attached hydrogens (tertiary/aromatic N) is 1. The Morgan fingerprint density at radius 1 is 1.06 bits per heavy atom. The topological polar surface area (TPSA) is 82.7 Å². The van der Waals surface area contributed by atoms with Gasteiger partial charge >= 0.3 is 0 Å². The molecule has 2 aromatic heterocycles. The summed E-state index contributed by atoms with van der Waals surface area (Å²) < 4.78 is 22.1. The number of aromatic nitrogens is 2. The quantitative estimate of drug-likeness (QED) is 0.423. The van der Waals surface area contributed by atoms with Crippen LogP contribution in [-0.4, -0.2) is 43.7 Å². The molecule has 2 heterocycles. The molecule has 0 saturated heterocycles. The standard InChI is InChI=1S/C17H19BrClNO5.C5H5N/c1-6-25-17-11(12(18)16(19)20-17)13(21)10-8(2)7-9(22-3)14(23-4)15(10)24-5;1-2-4-6-5-3-1/h7,20H,6H2,1-5H3;1-5H. The Kier molecular flexibility index (Phi) is 9.21. The maximum atomic E-state index is 13.3. The summed E-state index contributed by atoms with van der Waals surface area (Å²) in [6.45, 7) is 3.99. The van der Waals surface area contributed by atoms with E-state index in [1.165, 1.54) is 21.3 Å². The number of hydrogen-bond donors (Lipinski definition) is 1. The van der Waals surface area contributed by atoms with Crippen molar-refractivity contribution in [2.45, 2.75) is 13.8 Å². The Labute approximate surface area is 194 Å². The number of ketones is 1. The lowest BCUT2D eigenvalue weighted by Gasteiger charge is -2.17. The van der Waals surface area contributed by atoms with E-state index in [0.717, 1.165) is 0 Å². The molecule has 0 aliphatic carbocycles. The van der Waals surface area contributed by atoms with Gasteiger partial charge in [-0.25, -0.2) is 0 Å². The predicted octanol–water partition coefficient (Wildman–Crippen LogP) is 5.48. The Balaban J connectivity index is 0.000000488. The van der Waals surface area contributed by atoms with E-state index in [1.807, 2.05) is 25.1 Å². The Bertz CT molecular complexity index is 998. The van der Waals surface area contributed by atoms with Gasteiger partial charge in [-0.05, 0) is 53.5 Å². The minimum atomic E-state index is -0.311. The first-order chi connectivity index (χ1) is 14.9. The van der Waals surface area contributed by atoms with Crippen LogP contribution in [0.1, 0.15) is 28.4 Å². The van der Waals surface area contributed by atoms with Crippen LogP contribution in [0.25, 0.3) is 0 Å². The van der Waals surface area contributed by atoms with Crippen LogP contribution < -0.4 is 18.9 Å². The lowest BCUT2D eigenvalue weighted by molar-refractivity contribution is 0.103. The highest BCUT2D eigenvalue weighted by Gasteiger charge is 2.30. The van der Waals surface area contributed by atoms with Gasteiger partial charge in [0, 0.05) is 12.4 Å². The van der Waals surface area contributed by atoms with Crippen molar-refractivity contribution in [3.8, 4) is 23.1 Å². The molecule has 0 unspecified atom stereocenters. The number of aromatic amines is 1. The molecule has 0 amide bonds. The third-order valence-corrected chi connectivity index (χ3v) is 5.50. The molecule has 0 bridgehead atoms. The zero-order chi connectivity index (χ0) is 23.0. The first kappa shape index (κ1) is 24.6. The van der Waals surface area contributed by atoms with E-state index < -0.39 is 0 Å². The number of benzene rings is 1. The molecule has 7 nitrogen and oxygen atoms in total. The molecule has 166 valence electrons. The van der Waals surface area contributed by atoms with E-state index in [4.69, 9.17) is 30.5 Å². The average Bonchev–Trinajstić information content (AvgIpc) is 3.07. The average molecular weight is 512 g/mol. The summed E-state index contributed by atoms with van der Waals surface area (Å²) in [4.78, 5) is 19.9. The number of rotatable bonds is 7. The minimum absolute atomic E-state index is 0.281. The third kappa shape index (κ3) is 5.51. The summed E-state index contributed by atoms with van der Waals surface area (Å²) >= 11 is 9.45. The van der Waals surface area contributed by atoms with Crippen molar-refractivity contribution in [2.75, 3.05) is 27.9 Å². The van der Waals surface area contributed by atoms with Gasteiger partial charge in [0.2, 0.25) is 17.4 Å². The predicted molar refractivity (Wildman–Crippen MR) is 123 cm³/mol. The van der Waals surface area contributed by atoms with Crippen LogP contribution in [0.15, 0.2) is 41.1 Å². The lowest BCUT2D eigenvalue weighted by Crippen LogP contribution is -2.10. The SMILES string of the molecule is CCOc1[nH]c(Cl)c(Br)c1C(=O)c1c(C)cc(OC)c(OC)c1OC.c1ccncc1. The molecular weight excluding hydrogens is 488 g/mol. The molecule has 0 aliphatic heterocycles. The third-order valence-electron chi connectivity index (χ3n) is 4.20. The molecular formula is C22H24BrClN2O5. The van der Waals surface area contributed by atoms with Crippen LogP contribution in [0.4, 0.5) is 0 Å². The summed E-state index contributed by atoms with van der Waals surface area (Å²) in [6, 6.07) is 7.43. The van der Waals surface area contributed by atoms with Crippen molar-refractivity contribution in [3.63, 3.8) is 0 Å². The number of hydrogen-bond acceptors (Lipinski definition) is 6. The molecule has 3 aromatic rings. The number of nitrogens with one attached hydrogen (secondary N) is 1. The van der Waals surface area contributed by atoms with Gasteiger partial charge in [-0.15, -0.1) is 0 Å². The molecule has 0 aliphatic rings. The molecule has 1 aromatic carbocycles. The number of aryl methyl sites for hydroxylation is 1. The van der Waals surface area contributed by atoms with Gasteiger partial charge in [0.1, 0.15) is 10.7 Å². The van der Waals surface area contributed by atoms with Gasteiger partial charge in [-0.2, -0.15) is 0 Å². The van der Waals surface area contributed by atoms with Crippen LogP contribution in [-0.2, 0) is 0 Å². The lowest BCUT2D eigenvalue weighted by atomic mass is 9.98. The van der Waals surface area contributed by atoms with Crippen molar-refractivity contribution in [2.24, 2.45) is 0 Å². The van der Waals surface area contributed by atoms with Crippen LogP contribution in [0.5, 0.6) is 23.1 Å². The molecule has 0 fully saturated rings. The molecule has 31 heavy (non-hydrogen) atoms. The number of carbonyl (C=O) groups excluding carboxylic acids is 1. The fourth-order valence-electron chi connectivity index (χ4n) is 2.88. The van der Waals surface area contributed by atoms with Gasteiger partial charge in [-0.1, -0.05) is 17.7 Å². The Morgan fingerprint density at radius 2 is 1.71 bits per heavy atom. The first-order valence-corrected chi connectivity index (χ1v) is 10.5. The van der Waals surface area contributed by atoms with Crippen molar-refractivity contribution in [1.29, 1.82) is 0 Å². The molecule has 0 radical (unpaired) electrons. The second-order valence-electron chi connectivity index (χ2n) is 6.08. The molecule has 0 atom stereocenters. The van der Waals surface area contributed by atoms with Gasteiger partial charge in [-0.3, -0.25) is 9.78 Å². The number of halogens is 2. The van der Waals surface area contributed by atoms with Crippen molar-refractivity contribution in [1.82, 2.24) is 9.97 Å². The number of H-pyrrole nitrogens is 1. The number of carbonyl (C=O) groups is 1. The van der Waals surface area contributed by atoms with Crippen molar-refractivity contribution in [3.05, 3.63) is 63.0 Å². The number of methoxy groups -OCH3 is 3. The second kappa shape index (κ2) is 11.6. The van der Waals surface area contributed by atoms with Gasteiger partial charge in [0.25, 0.3) is 0 Å². The van der Waals surface area contributed by atoms with Crippen LogP contribution in [0, 0.1) is 6.92 Å². The van der Waals surface area contributed by atoms with E-state index in [-0.39, 0.29) is 16.7 Å². The van der Waals surface area contributed by atoms with Gasteiger partial charge < -0.3 is 23.9 Å². The molecule has 9 heteroatoms. The fraction of sp³-hybridized carbons (Fsp3) is 0.273. The van der Waals surface area contributed by atoms with E-state index in [2.05, 4.69) is 25.9 Å². The van der Waals surface area contributed by atoms with Gasteiger partial charge in [0.05, 0.1) is 38.0 Å². The monoisotopic (exact) mass is 510 g/mol. The molecule has 1 N–H and O–H groups in total. The number of ether oxygens (including phenoxy) is 4. The molecule has 0 spiro atoms. The van der Waals surface area contributed by atoms with E-state index in [0.29, 0.717) is 45.1 Å². The zero-order valence-corrected chi connectivity index (χ0v) is 20.3. The van der Waals surface area contributed by atoms with Crippen molar-refractivity contribution >= 4 is 33.3 Å². The maximum absolute atomic E-state index is 13.3. The highest BCUT2D eigenvalue weighted by molar-refractivity contribution is 9.10. The van der Waals surface area contributed by atoms with Crippen LogP contribution in [0.2, 0.25) is 5.15 Å². The van der Waals surface area contributed by atoms with Crippen molar-refractivity contribution < 1.29 is 23.7 Å². The zero-order valence-electron chi connectivity index (χ0n) is 17.9. The van der Waals surface area contributed by atoms with E-state index in [1.54, 1.807) is 25.4 Å². The Morgan fingerprint density at radius 3 is 2.16 bits per heavy atom. The second-order valence-corrected chi connectivity index (χ2v) is 7.25. The van der Waals surface area contributed by atoms with Crippen LogP contribution in [0.3, 0.4) is 0 Å². The Hall–Kier alpha value is -2.71. The smallest absolute Gasteiger partial charge is 0.204 e. The van der Waals surface area contributed by atoms with E-state index >= 15 is 0 Å². The first-order valence-electron chi connectivity index (χ1n) is 9.30. The highest BCUT2D eigenvalue weighted by Crippen LogP contribution is 2.44. The summed E-state index contributed by atoms with van der Waals surface area (Å²) in [5.41, 5.74) is 1.31. The van der Waals surface area contributed by atoms with E-state index in [9.17, 15) is 4.79 Å². The summed E-state index contributed by atoms with van der Waals surface area (Å²) in [5, 5.41) is 0.281. The molecule has 3 rings (SSSR count). The number of pyridine rings is 1. The largest absolute Gasteiger partial charge is 0.493 e. The van der Waals surface area contributed by atoms with Crippen LogP contribution >= 0.6 is 27.5 Å². The minimum Gasteiger partial charge on any atom is -0.493 e. The summed E-state index contributed by atoms with van der Waals surface area (Å²) in [6.07, 6.45) is 3.50. The summed E-state index contributed by atoms with van der Waals surface area (Å²) in [5.74, 6) is 1.09.